The van der Waals surface area contributed by atoms with Gasteiger partial charge in [0, 0.05) is 5.56 Å². The smallest absolute Gasteiger partial charge is 0.203 e. The summed E-state index contributed by atoms with van der Waals surface area (Å²) in [7, 11) is 4.47. The van der Waals surface area contributed by atoms with Crippen LogP contribution < -0.4 is 14.2 Å². The van der Waals surface area contributed by atoms with E-state index in [0.717, 1.165) is 5.56 Å². The van der Waals surface area contributed by atoms with Gasteiger partial charge < -0.3 is 14.2 Å². The number of hydrogen-bond donors (Lipinski definition) is 0. The van der Waals surface area contributed by atoms with E-state index >= 15 is 0 Å². The highest BCUT2D eigenvalue weighted by molar-refractivity contribution is 6.07. The molecule has 0 aliphatic rings. The molecule has 0 saturated heterocycles. The highest BCUT2D eigenvalue weighted by Gasteiger charge is 2.15. The van der Waals surface area contributed by atoms with Crippen molar-refractivity contribution in [1.82, 2.24) is 0 Å². The molecule has 5 heteroatoms. The van der Waals surface area contributed by atoms with Crippen LogP contribution in [0.2, 0.25) is 0 Å². The lowest BCUT2D eigenvalue weighted by Crippen LogP contribution is -2.00. The summed E-state index contributed by atoms with van der Waals surface area (Å²) < 4.78 is 28.5. The molecule has 0 amide bonds. The zero-order chi connectivity index (χ0) is 16.8. The molecule has 23 heavy (non-hydrogen) atoms. The van der Waals surface area contributed by atoms with Crippen molar-refractivity contribution in [3.05, 3.63) is 59.4 Å². The van der Waals surface area contributed by atoms with Crippen LogP contribution in [0.3, 0.4) is 0 Å². The van der Waals surface area contributed by atoms with Crippen LogP contribution in [-0.2, 0) is 0 Å². The maximum Gasteiger partial charge on any atom is 0.203 e. The Labute approximate surface area is 134 Å². The molecule has 0 aliphatic carbocycles. The lowest BCUT2D eigenvalue weighted by molar-refractivity contribution is 0.104. The fourth-order valence-electron chi connectivity index (χ4n) is 2.07. The molecule has 0 bridgehead atoms. The number of halogens is 1. The number of ether oxygens (including phenoxy) is 3. The molecule has 2 aromatic carbocycles. The van der Waals surface area contributed by atoms with E-state index in [1.165, 1.54) is 39.5 Å². The minimum Gasteiger partial charge on any atom is -0.493 e. The molecule has 0 atom stereocenters. The first-order valence-electron chi connectivity index (χ1n) is 6.87. The van der Waals surface area contributed by atoms with Gasteiger partial charge >= 0.3 is 0 Å². The molecule has 0 radical (unpaired) electrons. The zero-order valence-electron chi connectivity index (χ0n) is 13.1. The van der Waals surface area contributed by atoms with Crippen LogP contribution in [0.4, 0.5) is 4.39 Å². The van der Waals surface area contributed by atoms with E-state index in [1.54, 1.807) is 30.3 Å². The van der Waals surface area contributed by atoms with Gasteiger partial charge in [0.1, 0.15) is 5.82 Å². The number of rotatable bonds is 6. The van der Waals surface area contributed by atoms with Crippen molar-refractivity contribution in [3.63, 3.8) is 0 Å². The summed E-state index contributed by atoms with van der Waals surface area (Å²) >= 11 is 0. The second-order valence-corrected chi connectivity index (χ2v) is 4.66. The van der Waals surface area contributed by atoms with Crippen molar-refractivity contribution >= 4 is 11.9 Å². The van der Waals surface area contributed by atoms with Crippen molar-refractivity contribution in [2.45, 2.75) is 0 Å². The Morgan fingerprint density at radius 3 is 2.00 bits per heavy atom. The topological polar surface area (TPSA) is 44.8 Å². The summed E-state index contributed by atoms with van der Waals surface area (Å²) in [6.45, 7) is 0. The molecule has 0 spiro atoms. The highest BCUT2D eigenvalue weighted by Crippen LogP contribution is 2.38. The van der Waals surface area contributed by atoms with Gasteiger partial charge in [-0.05, 0) is 35.9 Å². The number of carbonyl (C=O) groups is 1. The molecule has 0 aromatic heterocycles. The van der Waals surface area contributed by atoms with Gasteiger partial charge in [-0.1, -0.05) is 18.2 Å². The first-order valence-corrected chi connectivity index (χ1v) is 6.87. The predicted octanol–water partition coefficient (Wildman–Crippen LogP) is 3.75. The highest BCUT2D eigenvalue weighted by atomic mass is 19.1. The van der Waals surface area contributed by atoms with E-state index in [0.29, 0.717) is 22.8 Å². The van der Waals surface area contributed by atoms with E-state index < -0.39 is 0 Å². The molecule has 0 fully saturated rings. The molecule has 0 saturated carbocycles. The van der Waals surface area contributed by atoms with E-state index in [1.807, 2.05) is 0 Å². The van der Waals surface area contributed by atoms with E-state index in [-0.39, 0.29) is 11.6 Å². The second kappa shape index (κ2) is 7.45. The minimum absolute atomic E-state index is 0.228. The normalized spacial score (nSPS) is 10.6. The number of carbonyl (C=O) groups excluding carboxylic acids is 1. The molecule has 120 valence electrons. The van der Waals surface area contributed by atoms with Gasteiger partial charge in [-0.25, -0.2) is 4.39 Å². The van der Waals surface area contributed by atoms with E-state index in [2.05, 4.69) is 0 Å². The standard InChI is InChI=1S/C18H17FO4/c1-21-16-10-13(11-17(22-2)18(16)23-3)15(20)9-6-12-4-7-14(19)8-5-12/h4-11H,1-3H3/b9-6+. The Bertz CT molecular complexity index is 695. The van der Waals surface area contributed by atoms with Crippen LogP contribution >= 0.6 is 0 Å². The Kier molecular flexibility index (Phi) is 5.36. The van der Waals surface area contributed by atoms with Crippen molar-refractivity contribution in [3.8, 4) is 17.2 Å². The lowest BCUT2D eigenvalue weighted by atomic mass is 10.1. The summed E-state index contributed by atoms with van der Waals surface area (Å²) in [6.07, 6.45) is 3.03. The molecule has 2 rings (SSSR count). The lowest BCUT2D eigenvalue weighted by Gasteiger charge is -2.13. The summed E-state index contributed by atoms with van der Waals surface area (Å²) in [5.41, 5.74) is 1.13. The molecule has 4 nitrogen and oxygen atoms in total. The largest absolute Gasteiger partial charge is 0.493 e. The molecule has 0 aliphatic heterocycles. The average Bonchev–Trinajstić information content (AvgIpc) is 2.59. The third-order valence-corrected chi connectivity index (χ3v) is 3.25. The van der Waals surface area contributed by atoms with E-state index in [9.17, 15) is 9.18 Å². The molecular formula is C18H17FO4. The van der Waals surface area contributed by atoms with Gasteiger partial charge in [-0.2, -0.15) is 0 Å². The number of ketones is 1. The van der Waals surface area contributed by atoms with Crippen LogP contribution in [0.1, 0.15) is 15.9 Å². The first-order chi connectivity index (χ1) is 11.1. The number of allylic oxidation sites excluding steroid dienone is 1. The molecule has 0 N–H and O–H groups in total. The average molecular weight is 316 g/mol. The first kappa shape index (κ1) is 16.5. The SMILES string of the molecule is COc1cc(C(=O)/C=C/c2ccc(F)cc2)cc(OC)c1OC. The second-order valence-electron chi connectivity index (χ2n) is 4.66. The van der Waals surface area contributed by atoms with Gasteiger partial charge in [0.05, 0.1) is 21.3 Å². The van der Waals surface area contributed by atoms with Gasteiger partial charge in [0.15, 0.2) is 17.3 Å². The van der Waals surface area contributed by atoms with Crippen LogP contribution in [-0.4, -0.2) is 27.1 Å². The summed E-state index contributed by atoms with van der Waals surface area (Å²) in [4.78, 5) is 12.3. The van der Waals surface area contributed by atoms with Crippen LogP contribution in [0.15, 0.2) is 42.5 Å². The summed E-state index contributed by atoms with van der Waals surface area (Å²) in [5, 5.41) is 0. The van der Waals surface area contributed by atoms with Gasteiger partial charge in [-0.3, -0.25) is 4.79 Å². The van der Waals surface area contributed by atoms with Gasteiger partial charge in [0.2, 0.25) is 5.75 Å². The molecular weight excluding hydrogens is 299 g/mol. The Hall–Kier alpha value is -2.82. The van der Waals surface area contributed by atoms with Gasteiger partial charge in [0.25, 0.3) is 0 Å². The quantitative estimate of drug-likeness (QED) is 0.601. The fraction of sp³-hybridized carbons (Fsp3) is 0.167. The number of methoxy groups -OCH3 is 3. The van der Waals surface area contributed by atoms with Crippen LogP contribution in [0.5, 0.6) is 17.2 Å². The fourth-order valence-corrected chi connectivity index (χ4v) is 2.07. The third kappa shape index (κ3) is 3.88. The van der Waals surface area contributed by atoms with Crippen LogP contribution in [0, 0.1) is 5.82 Å². The minimum atomic E-state index is -0.321. The molecule has 2 aromatic rings. The van der Waals surface area contributed by atoms with Crippen molar-refractivity contribution in [2.75, 3.05) is 21.3 Å². The molecule has 0 unspecified atom stereocenters. The van der Waals surface area contributed by atoms with Crippen molar-refractivity contribution in [2.24, 2.45) is 0 Å². The Morgan fingerprint density at radius 1 is 0.957 bits per heavy atom. The Morgan fingerprint density at radius 2 is 1.52 bits per heavy atom. The molecule has 0 heterocycles. The zero-order valence-corrected chi connectivity index (χ0v) is 13.1. The maximum atomic E-state index is 12.9. The predicted molar refractivity (Wildman–Crippen MR) is 85.9 cm³/mol. The summed E-state index contributed by atoms with van der Waals surface area (Å²) in [6, 6.07) is 9.02. The maximum absolute atomic E-state index is 12.9. The van der Waals surface area contributed by atoms with Crippen LogP contribution in [0.25, 0.3) is 6.08 Å². The number of hydrogen-bond acceptors (Lipinski definition) is 4. The summed E-state index contributed by atoms with van der Waals surface area (Å²) in [5.74, 6) is 0.691. The van der Waals surface area contributed by atoms with Crippen molar-refractivity contribution < 1.29 is 23.4 Å². The number of benzene rings is 2. The van der Waals surface area contributed by atoms with E-state index in [4.69, 9.17) is 14.2 Å². The third-order valence-electron chi connectivity index (χ3n) is 3.25. The Balaban J connectivity index is 2.30. The van der Waals surface area contributed by atoms with Gasteiger partial charge in [-0.15, -0.1) is 0 Å². The van der Waals surface area contributed by atoms with Crippen molar-refractivity contribution in [1.29, 1.82) is 0 Å². The monoisotopic (exact) mass is 316 g/mol.